The van der Waals surface area contributed by atoms with Crippen LogP contribution in [0.2, 0.25) is 0 Å². The Morgan fingerprint density at radius 1 is 1.29 bits per heavy atom. The third kappa shape index (κ3) is 5.91. The number of rotatable bonds is 7. The first-order valence-corrected chi connectivity index (χ1v) is 9.92. The van der Waals surface area contributed by atoms with Gasteiger partial charge in [0.25, 0.3) is 5.69 Å². The van der Waals surface area contributed by atoms with Crippen LogP contribution in [-0.2, 0) is 16.3 Å². The molecule has 0 amide bonds. The highest BCUT2D eigenvalue weighted by Gasteiger charge is 2.21. The lowest BCUT2D eigenvalue weighted by atomic mass is 10.3. The quantitative estimate of drug-likeness (QED) is 0.676. The van der Waals surface area contributed by atoms with E-state index in [0.29, 0.717) is 12.5 Å². The zero-order chi connectivity index (χ0) is 12.7. The van der Waals surface area contributed by atoms with E-state index < -0.39 is 5.69 Å². The molecule has 5 heteroatoms. The fourth-order valence-electron chi connectivity index (χ4n) is 1.10. The van der Waals surface area contributed by atoms with E-state index in [2.05, 4.69) is 13.8 Å². The van der Waals surface area contributed by atoms with Crippen molar-refractivity contribution >= 4 is 28.9 Å². The van der Waals surface area contributed by atoms with Gasteiger partial charge in [0.1, 0.15) is 5.75 Å². The number of para-hydroxylation sites is 1. The van der Waals surface area contributed by atoms with Crippen LogP contribution in [0.3, 0.4) is 0 Å². The van der Waals surface area contributed by atoms with Crippen LogP contribution in [0.4, 0.5) is 0 Å². The smallest absolute Gasteiger partial charge is 0.297 e. The lowest BCUT2D eigenvalue weighted by molar-refractivity contribution is 0.344. The van der Waals surface area contributed by atoms with Crippen molar-refractivity contribution in [3.05, 3.63) is 30.3 Å². The zero-order valence-corrected chi connectivity index (χ0v) is 13.0. The van der Waals surface area contributed by atoms with Gasteiger partial charge in [-0.15, -0.1) is 0 Å². The molecule has 0 spiro atoms. The molecule has 1 rings (SSSR count). The van der Waals surface area contributed by atoms with Crippen molar-refractivity contribution < 1.29 is 9.05 Å². The Labute approximate surface area is 113 Å². The molecule has 0 aromatic heterocycles. The molecule has 2 nitrogen and oxygen atoms in total. The largest absolute Gasteiger partial charge is 0.436 e. The van der Waals surface area contributed by atoms with Gasteiger partial charge < -0.3 is 9.05 Å². The van der Waals surface area contributed by atoms with Crippen LogP contribution in [0, 0.1) is 5.92 Å². The molecule has 0 heterocycles. The fourth-order valence-corrected chi connectivity index (χ4v) is 5.98. The Bertz CT molecular complexity index is 368. The van der Waals surface area contributed by atoms with Crippen LogP contribution in [0.5, 0.6) is 5.75 Å². The first-order chi connectivity index (χ1) is 8.06. The van der Waals surface area contributed by atoms with Crippen molar-refractivity contribution in [1.82, 2.24) is 0 Å². The molecule has 0 saturated heterocycles. The Morgan fingerprint density at radius 3 is 2.47 bits per heavy atom. The Morgan fingerprint density at radius 2 is 1.94 bits per heavy atom. The Balaban J connectivity index is 2.67. The van der Waals surface area contributed by atoms with E-state index in [1.807, 2.05) is 37.3 Å². The lowest BCUT2D eigenvalue weighted by Crippen LogP contribution is -1.98. The van der Waals surface area contributed by atoms with Gasteiger partial charge in [-0.3, -0.25) is 0 Å². The second-order valence-corrected chi connectivity index (χ2v) is 10.2. The van der Waals surface area contributed by atoms with Crippen molar-refractivity contribution in [3.8, 4) is 5.75 Å². The van der Waals surface area contributed by atoms with E-state index in [4.69, 9.17) is 20.9 Å². The van der Waals surface area contributed by atoms with E-state index in [-0.39, 0.29) is 0 Å². The summed E-state index contributed by atoms with van der Waals surface area (Å²) in [5.41, 5.74) is -2.25. The SMILES string of the molecule is CCOP(=S)(Oc1ccccc1)SCC(C)C. The molecule has 0 bridgehead atoms. The van der Waals surface area contributed by atoms with E-state index in [9.17, 15) is 0 Å². The van der Waals surface area contributed by atoms with Gasteiger partial charge in [-0.05, 0) is 36.8 Å². The zero-order valence-electron chi connectivity index (χ0n) is 10.5. The molecular formula is C12H19O2PS2. The third-order valence-corrected chi connectivity index (χ3v) is 7.38. The third-order valence-electron chi connectivity index (χ3n) is 1.81. The van der Waals surface area contributed by atoms with Gasteiger partial charge in [-0.2, -0.15) is 0 Å². The first-order valence-electron chi connectivity index (χ1n) is 5.69. The van der Waals surface area contributed by atoms with Crippen LogP contribution >= 0.6 is 17.1 Å². The van der Waals surface area contributed by atoms with Crippen molar-refractivity contribution in [2.45, 2.75) is 20.8 Å². The minimum Gasteiger partial charge on any atom is -0.436 e. The average molecular weight is 290 g/mol. The van der Waals surface area contributed by atoms with Crippen LogP contribution in [-0.4, -0.2) is 12.4 Å². The van der Waals surface area contributed by atoms with Gasteiger partial charge in [0.2, 0.25) is 0 Å². The molecule has 0 fully saturated rings. The molecule has 0 aliphatic carbocycles. The molecule has 0 aliphatic rings. The molecule has 1 unspecified atom stereocenters. The predicted molar refractivity (Wildman–Crippen MR) is 80.3 cm³/mol. The molecule has 17 heavy (non-hydrogen) atoms. The first kappa shape index (κ1) is 15.0. The summed E-state index contributed by atoms with van der Waals surface area (Å²) in [4.78, 5) is 0. The molecule has 0 aliphatic heterocycles. The summed E-state index contributed by atoms with van der Waals surface area (Å²) in [5.74, 6) is 2.34. The molecule has 0 radical (unpaired) electrons. The van der Waals surface area contributed by atoms with Gasteiger partial charge in [-0.25, -0.2) is 0 Å². The molecule has 1 aromatic carbocycles. The van der Waals surface area contributed by atoms with Crippen LogP contribution in [0.25, 0.3) is 0 Å². The summed E-state index contributed by atoms with van der Waals surface area (Å²) in [6.07, 6.45) is 0. The summed E-state index contributed by atoms with van der Waals surface area (Å²) >= 11 is 7.16. The highest BCUT2D eigenvalue weighted by atomic mass is 32.9. The second-order valence-electron chi connectivity index (χ2n) is 3.96. The summed E-state index contributed by atoms with van der Waals surface area (Å²) < 4.78 is 11.5. The van der Waals surface area contributed by atoms with E-state index in [1.54, 1.807) is 11.4 Å². The fraction of sp³-hybridized carbons (Fsp3) is 0.500. The number of hydrogen-bond donors (Lipinski definition) is 0. The Kier molecular flexibility index (Phi) is 6.57. The maximum Gasteiger partial charge on any atom is 0.297 e. The summed E-state index contributed by atoms with van der Waals surface area (Å²) in [7, 11) is 0. The average Bonchev–Trinajstić information content (AvgIpc) is 2.28. The normalized spacial score (nSPS) is 14.6. The lowest BCUT2D eigenvalue weighted by Gasteiger charge is -2.22. The Hall–Kier alpha value is -0.0200. The van der Waals surface area contributed by atoms with Gasteiger partial charge in [0.15, 0.2) is 0 Å². The maximum absolute atomic E-state index is 5.86. The molecule has 1 aromatic rings. The summed E-state index contributed by atoms with van der Waals surface area (Å²) in [5, 5.41) is 0. The summed E-state index contributed by atoms with van der Waals surface area (Å²) in [6.45, 7) is 6.88. The minimum atomic E-state index is -2.25. The topological polar surface area (TPSA) is 18.5 Å². The molecule has 1 atom stereocenters. The second kappa shape index (κ2) is 7.42. The van der Waals surface area contributed by atoms with E-state index in [0.717, 1.165) is 11.5 Å². The minimum absolute atomic E-state index is 0.585. The summed E-state index contributed by atoms with van der Waals surface area (Å²) in [6, 6.07) is 9.66. The highest BCUT2D eigenvalue weighted by Crippen LogP contribution is 2.60. The molecule has 96 valence electrons. The van der Waals surface area contributed by atoms with Crippen molar-refractivity contribution in [1.29, 1.82) is 0 Å². The van der Waals surface area contributed by atoms with Gasteiger partial charge in [-0.1, -0.05) is 43.4 Å². The maximum atomic E-state index is 5.86. The van der Waals surface area contributed by atoms with Gasteiger partial charge >= 0.3 is 0 Å². The van der Waals surface area contributed by atoms with Gasteiger partial charge in [0.05, 0.1) is 6.61 Å². The highest BCUT2D eigenvalue weighted by molar-refractivity contribution is 8.68. The van der Waals surface area contributed by atoms with Crippen LogP contribution in [0.1, 0.15) is 20.8 Å². The van der Waals surface area contributed by atoms with E-state index in [1.165, 1.54) is 0 Å². The van der Waals surface area contributed by atoms with Crippen molar-refractivity contribution in [3.63, 3.8) is 0 Å². The standard InChI is InChI=1S/C12H19O2PS2/c1-4-13-15(16,17-10-11(2)3)14-12-8-6-5-7-9-12/h5-9,11H,4,10H2,1-3H3. The monoisotopic (exact) mass is 290 g/mol. The molecular weight excluding hydrogens is 271 g/mol. The van der Waals surface area contributed by atoms with Crippen LogP contribution < -0.4 is 4.52 Å². The van der Waals surface area contributed by atoms with Crippen molar-refractivity contribution in [2.24, 2.45) is 5.92 Å². The van der Waals surface area contributed by atoms with E-state index >= 15 is 0 Å². The number of hydrogen-bond acceptors (Lipinski definition) is 4. The molecule has 0 saturated carbocycles. The van der Waals surface area contributed by atoms with Gasteiger partial charge in [0, 0.05) is 5.75 Å². The van der Waals surface area contributed by atoms with Crippen LogP contribution in [0.15, 0.2) is 30.3 Å². The predicted octanol–water partition coefficient (Wildman–Crippen LogP) is 4.72. The molecule has 0 N–H and O–H groups in total. The van der Waals surface area contributed by atoms with Crippen molar-refractivity contribution in [2.75, 3.05) is 12.4 Å². The number of benzene rings is 1.